The van der Waals surface area contributed by atoms with Crippen molar-refractivity contribution in [3.8, 4) is 5.95 Å². The molecule has 3 nitrogen and oxygen atoms in total. The lowest BCUT2D eigenvalue weighted by atomic mass is 9.91. The number of benzene rings is 3. The first-order valence-corrected chi connectivity index (χ1v) is 8.38. The Morgan fingerprint density at radius 1 is 0.920 bits per heavy atom. The Kier molecular flexibility index (Phi) is 2.84. The summed E-state index contributed by atoms with van der Waals surface area (Å²) >= 11 is 0. The highest BCUT2D eigenvalue weighted by Crippen LogP contribution is 2.41. The molecule has 0 aliphatic carbocycles. The second kappa shape index (κ2) is 4.96. The third-order valence-corrected chi connectivity index (χ3v) is 5.06. The standard InChI is InChI=1S/C22H16O3/c1-22(15-8-3-2-4-9-15)13-17-20(23)19-16-10-6-5-7-14(16)11-12-18(19)24-21(17)25-22/h2-12H,13H2,1H3. The van der Waals surface area contributed by atoms with Crippen LogP contribution in [0.1, 0.15) is 18.1 Å². The molecule has 0 N–H and O–H groups in total. The average Bonchev–Trinajstić information content (AvgIpc) is 3.00. The Labute approximate surface area is 144 Å². The van der Waals surface area contributed by atoms with Crippen LogP contribution in [0.5, 0.6) is 5.95 Å². The predicted octanol–water partition coefficient (Wildman–Crippen LogP) is 4.80. The number of ether oxygens (including phenoxy) is 1. The predicted molar refractivity (Wildman–Crippen MR) is 98.1 cm³/mol. The monoisotopic (exact) mass is 328 g/mol. The molecular weight excluding hydrogens is 312 g/mol. The van der Waals surface area contributed by atoms with Crippen molar-refractivity contribution in [2.45, 2.75) is 18.9 Å². The van der Waals surface area contributed by atoms with Gasteiger partial charge in [-0.05, 0) is 29.3 Å². The van der Waals surface area contributed by atoms with E-state index in [1.54, 1.807) is 0 Å². The Bertz CT molecular complexity index is 1170. The summed E-state index contributed by atoms with van der Waals surface area (Å²) in [5.74, 6) is 0.346. The van der Waals surface area contributed by atoms with Gasteiger partial charge in [-0.15, -0.1) is 0 Å². The lowest BCUT2D eigenvalue weighted by Crippen LogP contribution is -2.27. The molecule has 1 atom stereocenters. The van der Waals surface area contributed by atoms with Gasteiger partial charge in [0, 0.05) is 6.42 Å². The fourth-order valence-electron chi connectivity index (χ4n) is 3.74. The zero-order valence-corrected chi connectivity index (χ0v) is 13.8. The summed E-state index contributed by atoms with van der Waals surface area (Å²) in [5, 5.41) is 2.59. The maximum Gasteiger partial charge on any atom is 0.293 e. The van der Waals surface area contributed by atoms with Crippen molar-refractivity contribution in [2.75, 3.05) is 0 Å². The largest absolute Gasteiger partial charge is 0.453 e. The fourth-order valence-corrected chi connectivity index (χ4v) is 3.74. The summed E-state index contributed by atoms with van der Waals surface area (Å²) in [6, 6.07) is 21.7. The smallest absolute Gasteiger partial charge is 0.293 e. The summed E-state index contributed by atoms with van der Waals surface area (Å²) in [5.41, 5.74) is 1.65. The van der Waals surface area contributed by atoms with Crippen LogP contribution >= 0.6 is 0 Å². The van der Waals surface area contributed by atoms with Crippen LogP contribution in [-0.2, 0) is 12.0 Å². The summed E-state index contributed by atoms with van der Waals surface area (Å²) in [6.07, 6.45) is 0.508. The van der Waals surface area contributed by atoms with E-state index in [1.165, 1.54) is 0 Å². The third kappa shape index (κ3) is 2.02. The summed E-state index contributed by atoms with van der Waals surface area (Å²) in [7, 11) is 0. The van der Waals surface area contributed by atoms with Crippen LogP contribution in [0.25, 0.3) is 21.7 Å². The van der Waals surface area contributed by atoms with Crippen LogP contribution in [0.3, 0.4) is 0 Å². The number of rotatable bonds is 1. The Morgan fingerprint density at radius 3 is 2.52 bits per heavy atom. The quantitative estimate of drug-likeness (QED) is 0.471. The maximum atomic E-state index is 13.2. The molecule has 3 aromatic carbocycles. The van der Waals surface area contributed by atoms with E-state index in [4.69, 9.17) is 9.15 Å². The van der Waals surface area contributed by atoms with Crippen molar-refractivity contribution in [3.05, 3.63) is 88.1 Å². The third-order valence-electron chi connectivity index (χ3n) is 5.06. The van der Waals surface area contributed by atoms with Gasteiger partial charge in [0.25, 0.3) is 5.95 Å². The second-order valence-corrected chi connectivity index (χ2v) is 6.73. The molecule has 122 valence electrons. The molecule has 0 fully saturated rings. The molecule has 0 saturated carbocycles. The molecule has 1 aliphatic rings. The summed E-state index contributed by atoms with van der Waals surface area (Å²) < 4.78 is 12.1. The average molecular weight is 328 g/mol. The highest BCUT2D eigenvalue weighted by molar-refractivity contribution is 6.05. The second-order valence-electron chi connectivity index (χ2n) is 6.73. The van der Waals surface area contributed by atoms with Crippen molar-refractivity contribution >= 4 is 21.7 Å². The van der Waals surface area contributed by atoms with E-state index >= 15 is 0 Å². The maximum absolute atomic E-state index is 13.2. The van der Waals surface area contributed by atoms with E-state index in [0.717, 1.165) is 16.3 Å². The van der Waals surface area contributed by atoms with E-state index in [-0.39, 0.29) is 5.43 Å². The normalized spacial score (nSPS) is 19.1. The van der Waals surface area contributed by atoms with E-state index in [0.29, 0.717) is 28.9 Å². The Hall–Kier alpha value is -3.07. The van der Waals surface area contributed by atoms with E-state index in [2.05, 4.69) is 0 Å². The first kappa shape index (κ1) is 14.3. The first-order chi connectivity index (χ1) is 12.2. The minimum absolute atomic E-state index is 0.00714. The van der Waals surface area contributed by atoms with Gasteiger partial charge < -0.3 is 9.15 Å². The van der Waals surface area contributed by atoms with Crippen molar-refractivity contribution < 1.29 is 9.15 Å². The lowest BCUT2D eigenvalue weighted by molar-refractivity contribution is 0.0884. The number of hydrogen-bond acceptors (Lipinski definition) is 3. The molecule has 0 spiro atoms. The molecule has 5 rings (SSSR count). The zero-order valence-electron chi connectivity index (χ0n) is 13.8. The topological polar surface area (TPSA) is 39.4 Å². The van der Waals surface area contributed by atoms with Gasteiger partial charge in [-0.25, -0.2) is 0 Å². The highest BCUT2D eigenvalue weighted by atomic mass is 16.6. The van der Waals surface area contributed by atoms with Gasteiger partial charge >= 0.3 is 0 Å². The minimum Gasteiger partial charge on any atom is -0.453 e. The summed E-state index contributed by atoms with van der Waals surface area (Å²) in [4.78, 5) is 13.2. The molecule has 0 radical (unpaired) electrons. The molecule has 2 heterocycles. The number of hydrogen-bond donors (Lipinski definition) is 0. The number of fused-ring (bicyclic) bond motifs is 4. The summed E-state index contributed by atoms with van der Waals surface area (Å²) in [6.45, 7) is 2.00. The zero-order chi connectivity index (χ0) is 17.0. The molecule has 1 aromatic heterocycles. The first-order valence-electron chi connectivity index (χ1n) is 8.38. The minimum atomic E-state index is -0.584. The molecular formula is C22H16O3. The van der Waals surface area contributed by atoms with Crippen LogP contribution < -0.4 is 10.2 Å². The highest BCUT2D eigenvalue weighted by Gasteiger charge is 2.40. The van der Waals surface area contributed by atoms with E-state index in [1.807, 2.05) is 73.7 Å². The van der Waals surface area contributed by atoms with Crippen LogP contribution in [0.4, 0.5) is 0 Å². The van der Waals surface area contributed by atoms with E-state index < -0.39 is 5.60 Å². The van der Waals surface area contributed by atoms with Crippen molar-refractivity contribution in [3.63, 3.8) is 0 Å². The molecule has 3 heteroatoms. The van der Waals surface area contributed by atoms with Gasteiger partial charge in [-0.2, -0.15) is 0 Å². The van der Waals surface area contributed by atoms with Crippen LogP contribution in [-0.4, -0.2) is 0 Å². The Balaban J connectivity index is 1.76. The lowest BCUT2D eigenvalue weighted by Gasteiger charge is -2.23. The Morgan fingerprint density at radius 2 is 1.68 bits per heavy atom. The van der Waals surface area contributed by atoms with Gasteiger partial charge in [0.05, 0.1) is 10.9 Å². The van der Waals surface area contributed by atoms with Gasteiger partial charge in [-0.1, -0.05) is 60.7 Å². The SMILES string of the molecule is CC1(c2ccccc2)Cc2c(oc3ccc4ccccc4c3c2=O)O1. The fraction of sp³-hybridized carbons (Fsp3) is 0.136. The van der Waals surface area contributed by atoms with E-state index in [9.17, 15) is 4.79 Å². The molecule has 1 unspecified atom stereocenters. The van der Waals surface area contributed by atoms with Crippen LogP contribution in [0.15, 0.2) is 75.9 Å². The van der Waals surface area contributed by atoms with Crippen molar-refractivity contribution in [1.82, 2.24) is 0 Å². The molecule has 0 saturated heterocycles. The molecule has 4 aromatic rings. The molecule has 0 amide bonds. The van der Waals surface area contributed by atoms with Crippen molar-refractivity contribution in [2.24, 2.45) is 0 Å². The van der Waals surface area contributed by atoms with Crippen LogP contribution in [0, 0.1) is 0 Å². The van der Waals surface area contributed by atoms with Crippen LogP contribution in [0.2, 0.25) is 0 Å². The van der Waals surface area contributed by atoms with Gasteiger partial charge in [0.2, 0.25) is 5.43 Å². The molecule has 1 aliphatic heterocycles. The molecule has 0 bridgehead atoms. The molecule has 25 heavy (non-hydrogen) atoms. The van der Waals surface area contributed by atoms with Gasteiger partial charge in [-0.3, -0.25) is 4.79 Å². The van der Waals surface area contributed by atoms with Gasteiger partial charge in [0.1, 0.15) is 11.2 Å². The van der Waals surface area contributed by atoms with Crippen molar-refractivity contribution in [1.29, 1.82) is 0 Å². The van der Waals surface area contributed by atoms with Gasteiger partial charge in [0.15, 0.2) is 0 Å².